The summed E-state index contributed by atoms with van der Waals surface area (Å²) < 4.78 is 2.53. The molecule has 2 aromatic heterocycles. The number of thiophene rings is 1. The molecular weight excluding hydrogens is 393 g/mol. The average molecular weight is 408 g/mol. The molecule has 0 saturated carbocycles. The summed E-state index contributed by atoms with van der Waals surface area (Å²) >= 11 is 13.3. The third-order valence-corrected chi connectivity index (χ3v) is 6.14. The first-order valence-corrected chi connectivity index (χ1v) is 9.82. The number of carbonyl (C=O) groups is 1. The van der Waals surface area contributed by atoms with E-state index in [1.165, 1.54) is 11.3 Å². The second-order valence-electron chi connectivity index (χ2n) is 6.26. The molecule has 1 atom stereocenters. The van der Waals surface area contributed by atoms with Crippen LogP contribution in [-0.4, -0.2) is 33.4 Å². The maximum Gasteiger partial charge on any atom is 0.261 e. The summed E-state index contributed by atoms with van der Waals surface area (Å²) in [6.07, 6.45) is 3.21. The Morgan fingerprint density at radius 1 is 1.27 bits per heavy atom. The minimum atomic E-state index is -0.148. The van der Waals surface area contributed by atoms with Crippen LogP contribution in [0.5, 0.6) is 0 Å². The number of nitrogens with zero attached hydrogens (tertiary/aromatic N) is 3. The van der Waals surface area contributed by atoms with Crippen LogP contribution in [0.2, 0.25) is 8.67 Å². The van der Waals surface area contributed by atoms with Gasteiger partial charge in [0, 0.05) is 13.1 Å². The number of piperidine rings is 1. The molecule has 4 rings (SSSR count). The summed E-state index contributed by atoms with van der Waals surface area (Å²) in [5.74, 6) is -0.148. The van der Waals surface area contributed by atoms with E-state index in [0.717, 1.165) is 12.8 Å². The van der Waals surface area contributed by atoms with Crippen molar-refractivity contribution >= 4 is 51.3 Å². The Bertz CT molecular complexity index is 1050. The zero-order valence-corrected chi connectivity index (χ0v) is 16.0. The summed E-state index contributed by atoms with van der Waals surface area (Å²) in [5, 5.41) is 0.589. The molecule has 1 aliphatic heterocycles. The molecule has 0 N–H and O–H groups in total. The first-order chi connectivity index (χ1) is 12.5. The van der Waals surface area contributed by atoms with Gasteiger partial charge in [-0.15, -0.1) is 11.3 Å². The lowest BCUT2D eigenvalue weighted by Gasteiger charge is -2.33. The van der Waals surface area contributed by atoms with Gasteiger partial charge in [0.25, 0.3) is 11.5 Å². The topological polar surface area (TPSA) is 55.2 Å². The molecule has 1 aromatic carbocycles. The second kappa shape index (κ2) is 7.02. The van der Waals surface area contributed by atoms with Crippen molar-refractivity contribution < 1.29 is 4.79 Å². The Labute approximate surface area is 163 Å². The molecule has 1 saturated heterocycles. The Balaban J connectivity index is 1.63. The third kappa shape index (κ3) is 3.13. The Morgan fingerprint density at radius 3 is 2.85 bits per heavy atom. The predicted molar refractivity (Wildman–Crippen MR) is 105 cm³/mol. The second-order valence-corrected chi connectivity index (χ2v) is 8.54. The van der Waals surface area contributed by atoms with Gasteiger partial charge in [0.05, 0.1) is 33.2 Å². The summed E-state index contributed by atoms with van der Waals surface area (Å²) in [6.45, 7) is 1.08. The monoisotopic (exact) mass is 407 g/mol. The van der Waals surface area contributed by atoms with Gasteiger partial charge in [-0.1, -0.05) is 35.3 Å². The van der Waals surface area contributed by atoms with E-state index in [2.05, 4.69) is 4.98 Å². The molecule has 1 fully saturated rings. The number of rotatable bonds is 2. The number of para-hydroxylation sites is 1. The fourth-order valence-electron chi connectivity index (χ4n) is 3.37. The van der Waals surface area contributed by atoms with Gasteiger partial charge in [0.2, 0.25) is 0 Å². The van der Waals surface area contributed by atoms with Crippen LogP contribution in [0.1, 0.15) is 29.2 Å². The number of hydrogen-bond donors (Lipinski definition) is 0. The Hall–Kier alpha value is -1.89. The number of likely N-dealkylation sites (tertiary alicyclic amines) is 1. The molecule has 8 heteroatoms. The Morgan fingerprint density at radius 2 is 2.08 bits per heavy atom. The van der Waals surface area contributed by atoms with Crippen LogP contribution in [0.25, 0.3) is 10.9 Å². The third-order valence-electron chi connectivity index (χ3n) is 4.65. The van der Waals surface area contributed by atoms with E-state index in [4.69, 9.17) is 23.2 Å². The van der Waals surface area contributed by atoms with E-state index in [-0.39, 0.29) is 17.5 Å². The predicted octanol–water partition coefficient (Wildman–Crippen LogP) is 4.24. The van der Waals surface area contributed by atoms with Crippen molar-refractivity contribution in [2.75, 3.05) is 13.1 Å². The lowest BCUT2D eigenvalue weighted by atomic mass is 10.0. The lowest BCUT2D eigenvalue weighted by molar-refractivity contribution is 0.0678. The van der Waals surface area contributed by atoms with Gasteiger partial charge in [-0.25, -0.2) is 4.98 Å². The molecule has 3 aromatic rings. The van der Waals surface area contributed by atoms with E-state index in [1.807, 2.05) is 18.2 Å². The van der Waals surface area contributed by atoms with Crippen molar-refractivity contribution in [3.8, 4) is 0 Å². The standard InChI is InChI=1S/C18H15Cl2N3O2S/c19-15-8-13(16(20)26-15)17(24)22-7-3-4-11(9-22)23-10-21-14-6-2-1-5-12(14)18(23)25/h1-2,5-6,8,10-11H,3-4,7,9H2. The lowest BCUT2D eigenvalue weighted by Crippen LogP contribution is -2.42. The van der Waals surface area contributed by atoms with Crippen LogP contribution in [-0.2, 0) is 0 Å². The summed E-state index contributed by atoms with van der Waals surface area (Å²) in [7, 11) is 0. The Kier molecular flexibility index (Phi) is 4.73. The molecular formula is C18H15Cl2N3O2S. The van der Waals surface area contributed by atoms with E-state index in [9.17, 15) is 9.59 Å². The number of benzene rings is 1. The number of aromatic nitrogens is 2. The van der Waals surface area contributed by atoms with Gasteiger partial charge in [0.1, 0.15) is 4.34 Å². The van der Waals surface area contributed by atoms with E-state index >= 15 is 0 Å². The molecule has 0 bridgehead atoms. The summed E-state index contributed by atoms with van der Waals surface area (Å²) in [4.78, 5) is 31.7. The molecule has 0 spiro atoms. The zero-order valence-electron chi connectivity index (χ0n) is 13.7. The summed E-state index contributed by atoms with van der Waals surface area (Å²) in [6, 6.07) is 8.78. The molecule has 1 aliphatic rings. The highest BCUT2D eigenvalue weighted by Crippen LogP contribution is 2.33. The van der Waals surface area contributed by atoms with Gasteiger partial charge < -0.3 is 4.90 Å². The maximum absolute atomic E-state index is 12.8. The van der Waals surface area contributed by atoms with Crippen LogP contribution < -0.4 is 5.56 Å². The quantitative estimate of drug-likeness (QED) is 0.637. The minimum absolute atomic E-state index is 0.0773. The van der Waals surface area contributed by atoms with Gasteiger partial charge in [-0.3, -0.25) is 14.2 Å². The zero-order chi connectivity index (χ0) is 18.3. The first-order valence-electron chi connectivity index (χ1n) is 8.24. The van der Waals surface area contributed by atoms with Gasteiger partial charge in [-0.05, 0) is 31.0 Å². The van der Waals surface area contributed by atoms with Crippen LogP contribution in [0.3, 0.4) is 0 Å². The fourth-order valence-corrected chi connectivity index (χ4v) is 4.81. The molecule has 3 heterocycles. The number of fused-ring (bicyclic) bond motifs is 1. The molecule has 5 nitrogen and oxygen atoms in total. The number of carbonyl (C=O) groups excluding carboxylic acids is 1. The van der Waals surface area contributed by atoms with Crippen LogP contribution >= 0.6 is 34.5 Å². The van der Waals surface area contributed by atoms with Crippen molar-refractivity contribution in [2.45, 2.75) is 18.9 Å². The van der Waals surface area contributed by atoms with Crippen molar-refractivity contribution in [1.82, 2.24) is 14.5 Å². The largest absolute Gasteiger partial charge is 0.336 e. The maximum atomic E-state index is 12.8. The van der Waals surface area contributed by atoms with Crippen molar-refractivity contribution in [3.05, 3.63) is 61.2 Å². The average Bonchev–Trinajstić information content (AvgIpc) is 3.00. The van der Waals surface area contributed by atoms with Gasteiger partial charge in [0.15, 0.2) is 0 Å². The first kappa shape index (κ1) is 17.5. The highest BCUT2D eigenvalue weighted by atomic mass is 35.5. The minimum Gasteiger partial charge on any atom is -0.336 e. The van der Waals surface area contributed by atoms with E-state index < -0.39 is 0 Å². The van der Waals surface area contributed by atoms with E-state index in [0.29, 0.717) is 38.2 Å². The molecule has 134 valence electrons. The smallest absolute Gasteiger partial charge is 0.261 e. The number of amides is 1. The molecule has 26 heavy (non-hydrogen) atoms. The highest BCUT2D eigenvalue weighted by Gasteiger charge is 2.28. The molecule has 1 unspecified atom stereocenters. The van der Waals surface area contributed by atoms with Gasteiger partial charge in [-0.2, -0.15) is 0 Å². The van der Waals surface area contributed by atoms with Crippen LogP contribution in [0, 0.1) is 0 Å². The van der Waals surface area contributed by atoms with Crippen LogP contribution in [0.4, 0.5) is 0 Å². The molecule has 0 aliphatic carbocycles. The number of halogens is 2. The van der Waals surface area contributed by atoms with Crippen molar-refractivity contribution in [1.29, 1.82) is 0 Å². The number of hydrogen-bond acceptors (Lipinski definition) is 4. The van der Waals surface area contributed by atoms with E-state index in [1.54, 1.807) is 27.9 Å². The normalized spacial score (nSPS) is 17.6. The SMILES string of the molecule is O=C(c1cc(Cl)sc1Cl)N1CCCC(n2cnc3ccccc3c2=O)C1. The van der Waals surface area contributed by atoms with Crippen molar-refractivity contribution in [3.63, 3.8) is 0 Å². The van der Waals surface area contributed by atoms with Crippen molar-refractivity contribution in [2.24, 2.45) is 0 Å². The molecule has 1 amide bonds. The summed E-state index contributed by atoms with van der Waals surface area (Å²) in [5.41, 5.74) is 1.02. The van der Waals surface area contributed by atoms with Crippen LogP contribution in [0.15, 0.2) is 41.5 Å². The fraction of sp³-hybridized carbons (Fsp3) is 0.278. The molecule has 0 radical (unpaired) electrons. The van der Waals surface area contributed by atoms with Gasteiger partial charge >= 0.3 is 0 Å². The highest BCUT2D eigenvalue weighted by molar-refractivity contribution is 7.20.